The van der Waals surface area contributed by atoms with Gasteiger partial charge in [0.15, 0.2) is 5.69 Å². The number of hydrogen-bond acceptors (Lipinski definition) is 6. The summed E-state index contributed by atoms with van der Waals surface area (Å²) in [5.41, 5.74) is -0.436. The molecule has 0 spiro atoms. The summed E-state index contributed by atoms with van der Waals surface area (Å²) in [6.07, 6.45) is 0. The van der Waals surface area contributed by atoms with Gasteiger partial charge >= 0.3 is 11.9 Å². The van der Waals surface area contributed by atoms with Crippen LogP contribution >= 0.6 is 11.6 Å². The molecule has 0 aliphatic heterocycles. The lowest BCUT2D eigenvalue weighted by molar-refractivity contribution is 0.0547. The molecule has 0 saturated heterocycles. The van der Waals surface area contributed by atoms with Crippen LogP contribution in [0.25, 0.3) is 10.9 Å². The fourth-order valence-electron chi connectivity index (χ4n) is 1.79. The zero-order valence-corrected chi connectivity index (χ0v) is 11.4. The van der Waals surface area contributed by atoms with E-state index in [1.807, 2.05) is 0 Å². The Balaban J connectivity index is 2.91. The molecule has 104 valence electrons. The number of ether oxygens (including phenoxy) is 2. The molecule has 7 heteroatoms. The van der Waals surface area contributed by atoms with E-state index in [-0.39, 0.29) is 27.2 Å². The number of carbonyl (C=O) groups is 2. The lowest BCUT2D eigenvalue weighted by Crippen LogP contribution is -2.14. The molecule has 1 aromatic carbocycles. The lowest BCUT2D eigenvalue weighted by atomic mass is 10.1. The number of carbonyl (C=O) groups excluding carboxylic acids is 2. The van der Waals surface area contributed by atoms with E-state index in [2.05, 4.69) is 14.5 Å². The summed E-state index contributed by atoms with van der Waals surface area (Å²) < 4.78 is 9.10. The predicted octanol–water partition coefficient (Wildman–Crippen LogP) is 2.17. The number of methoxy groups -OCH3 is 2. The van der Waals surface area contributed by atoms with Gasteiger partial charge in [0.1, 0.15) is 11.3 Å². The molecule has 0 bridgehead atoms. The summed E-state index contributed by atoms with van der Waals surface area (Å²) in [6, 6.07) is 4.69. The molecule has 0 amide bonds. The Labute approximate surface area is 118 Å². The van der Waals surface area contributed by atoms with Gasteiger partial charge in [-0.2, -0.15) is 0 Å². The average Bonchev–Trinajstić information content (AvgIpc) is 2.45. The van der Waals surface area contributed by atoms with Gasteiger partial charge in [-0.25, -0.2) is 14.6 Å². The lowest BCUT2D eigenvalue weighted by Gasteiger charge is -2.11. The van der Waals surface area contributed by atoms with Gasteiger partial charge in [-0.15, -0.1) is 0 Å². The normalized spacial score (nSPS) is 10.3. The predicted molar refractivity (Wildman–Crippen MR) is 71.1 cm³/mol. The maximum absolute atomic E-state index is 11.8. The number of rotatable bonds is 2. The molecule has 0 saturated carbocycles. The van der Waals surface area contributed by atoms with E-state index >= 15 is 0 Å². The molecule has 20 heavy (non-hydrogen) atoms. The van der Waals surface area contributed by atoms with Crippen LogP contribution in [-0.4, -0.2) is 36.2 Å². The van der Waals surface area contributed by atoms with Crippen molar-refractivity contribution in [2.45, 2.75) is 0 Å². The van der Waals surface area contributed by atoms with Crippen molar-refractivity contribution >= 4 is 34.4 Å². The van der Waals surface area contributed by atoms with Crippen LogP contribution in [0.1, 0.15) is 20.8 Å². The largest absolute Gasteiger partial charge is 0.506 e. The van der Waals surface area contributed by atoms with Crippen molar-refractivity contribution in [2.75, 3.05) is 14.2 Å². The van der Waals surface area contributed by atoms with Crippen molar-refractivity contribution in [3.8, 4) is 5.75 Å². The molecule has 2 aromatic rings. The molecular weight excluding hydrogens is 286 g/mol. The fraction of sp³-hybridized carbons (Fsp3) is 0.154. The van der Waals surface area contributed by atoms with E-state index in [9.17, 15) is 14.7 Å². The highest BCUT2D eigenvalue weighted by Crippen LogP contribution is 2.35. The number of nitrogens with zero attached hydrogens (tertiary/aromatic N) is 1. The van der Waals surface area contributed by atoms with E-state index in [0.29, 0.717) is 0 Å². The highest BCUT2D eigenvalue weighted by atomic mass is 35.5. The van der Waals surface area contributed by atoms with Crippen molar-refractivity contribution in [2.24, 2.45) is 0 Å². The maximum Gasteiger partial charge on any atom is 0.357 e. The quantitative estimate of drug-likeness (QED) is 0.855. The molecule has 1 N–H and O–H groups in total. The number of hydrogen-bond donors (Lipinski definition) is 1. The van der Waals surface area contributed by atoms with Gasteiger partial charge in [-0.3, -0.25) is 0 Å². The molecular formula is C13H10ClNO5. The van der Waals surface area contributed by atoms with Crippen LogP contribution < -0.4 is 0 Å². The van der Waals surface area contributed by atoms with Crippen molar-refractivity contribution in [3.63, 3.8) is 0 Å². The molecule has 1 heterocycles. The first-order valence-electron chi connectivity index (χ1n) is 5.49. The zero-order chi connectivity index (χ0) is 14.9. The van der Waals surface area contributed by atoms with Crippen LogP contribution in [0.4, 0.5) is 0 Å². The molecule has 0 fully saturated rings. The number of halogens is 1. The monoisotopic (exact) mass is 295 g/mol. The average molecular weight is 296 g/mol. The van der Waals surface area contributed by atoms with Gasteiger partial charge < -0.3 is 14.6 Å². The maximum atomic E-state index is 11.8. The second-order valence-electron chi connectivity index (χ2n) is 3.80. The summed E-state index contributed by atoms with van der Waals surface area (Å²) in [5.74, 6) is -2.23. The fourth-order valence-corrected chi connectivity index (χ4v) is 2.05. The zero-order valence-electron chi connectivity index (χ0n) is 10.6. The molecule has 0 unspecified atom stereocenters. The van der Waals surface area contributed by atoms with Crippen LogP contribution in [0.2, 0.25) is 5.02 Å². The Kier molecular flexibility index (Phi) is 3.76. The minimum Gasteiger partial charge on any atom is -0.506 e. The minimum absolute atomic E-state index is 0.169. The molecule has 0 aliphatic carbocycles. The van der Waals surface area contributed by atoms with Crippen LogP contribution in [0.15, 0.2) is 18.2 Å². The third-order valence-electron chi connectivity index (χ3n) is 2.70. The summed E-state index contributed by atoms with van der Waals surface area (Å²) in [7, 11) is 2.27. The summed E-state index contributed by atoms with van der Waals surface area (Å²) in [5, 5.41) is 10.6. The topological polar surface area (TPSA) is 85.7 Å². The summed E-state index contributed by atoms with van der Waals surface area (Å²) in [4.78, 5) is 27.5. The first-order valence-corrected chi connectivity index (χ1v) is 5.86. The Morgan fingerprint density at radius 2 is 1.85 bits per heavy atom. The van der Waals surface area contributed by atoms with E-state index in [4.69, 9.17) is 11.6 Å². The molecule has 0 aliphatic rings. The smallest absolute Gasteiger partial charge is 0.357 e. The Morgan fingerprint density at radius 1 is 1.20 bits per heavy atom. The summed E-state index contributed by atoms with van der Waals surface area (Å²) >= 11 is 5.98. The van der Waals surface area contributed by atoms with Gasteiger partial charge in [-0.05, 0) is 12.1 Å². The van der Waals surface area contributed by atoms with Crippen LogP contribution in [0.5, 0.6) is 5.75 Å². The highest BCUT2D eigenvalue weighted by molar-refractivity contribution is 6.36. The minimum atomic E-state index is -0.905. The van der Waals surface area contributed by atoms with Gasteiger partial charge in [0.25, 0.3) is 0 Å². The molecule has 0 radical (unpaired) electrons. The Morgan fingerprint density at radius 3 is 2.45 bits per heavy atom. The highest BCUT2D eigenvalue weighted by Gasteiger charge is 2.27. The SMILES string of the molecule is COC(=O)c1nc2cccc(Cl)c2c(O)c1C(=O)OC. The number of benzene rings is 1. The second-order valence-corrected chi connectivity index (χ2v) is 4.21. The number of pyridine rings is 1. The van der Waals surface area contributed by atoms with Gasteiger partial charge in [0, 0.05) is 0 Å². The van der Waals surface area contributed by atoms with Crippen molar-refractivity contribution in [1.29, 1.82) is 0 Å². The van der Waals surface area contributed by atoms with E-state index in [1.165, 1.54) is 6.07 Å². The van der Waals surface area contributed by atoms with Gasteiger partial charge in [0.05, 0.1) is 30.1 Å². The first kappa shape index (κ1) is 14.1. The molecule has 1 aromatic heterocycles. The summed E-state index contributed by atoms with van der Waals surface area (Å²) in [6.45, 7) is 0. The third-order valence-corrected chi connectivity index (χ3v) is 3.02. The van der Waals surface area contributed by atoms with Crippen molar-refractivity contribution < 1.29 is 24.2 Å². The van der Waals surface area contributed by atoms with E-state index in [1.54, 1.807) is 12.1 Å². The third kappa shape index (κ3) is 2.14. The number of fused-ring (bicyclic) bond motifs is 1. The van der Waals surface area contributed by atoms with Crippen LogP contribution in [0, 0.1) is 0 Å². The van der Waals surface area contributed by atoms with E-state index in [0.717, 1.165) is 14.2 Å². The standard InChI is InChI=1S/C13H10ClNO5/c1-19-12(17)9-10(13(18)20-2)15-7-5-3-4-6(14)8(7)11(9)16/h3-5H,1-2H3,(H,15,16). The van der Waals surface area contributed by atoms with Crippen molar-refractivity contribution in [1.82, 2.24) is 4.98 Å². The first-order chi connectivity index (χ1) is 9.51. The van der Waals surface area contributed by atoms with Crippen LogP contribution in [0.3, 0.4) is 0 Å². The Hall–Kier alpha value is -2.34. The Bertz CT molecular complexity index is 713. The van der Waals surface area contributed by atoms with Gasteiger partial charge in [0.2, 0.25) is 0 Å². The van der Waals surface area contributed by atoms with Gasteiger partial charge in [-0.1, -0.05) is 17.7 Å². The van der Waals surface area contributed by atoms with Crippen LogP contribution in [-0.2, 0) is 9.47 Å². The molecule has 0 atom stereocenters. The second kappa shape index (κ2) is 5.34. The molecule has 2 rings (SSSR count). The van der Waals surface area contributed by atoms with E-state index < -0.39 is 17.7 Å². The molecule has 6 nitrogen and oxygen atoms in total. The number of aromatic nitrogens is 1. The number of esters is 2. The van der Waals surface area contributed by atoms with Crippen molar-refractivity contribution in [3.05, 3.63) is 34.5 Å². The number of aromatic hydroxyl groups is 1.